The molecule has 5 rings (SSSR count). The molecule has 200 valence electrons. The number of nitrogens with zero attached hydrogens (tertiary/aromatic N) is 4. The number of nitrogens with two attached hydrogens (primary N) is 1. The van der Waals surface area contributed by atoms with Crippen LogP contribution in [0.4, 0.5) is 28.4 Å². The molecule has 0 saturated carbocycles. The molecule has 0 radical (unpaired) electrons. The van der Waals surface area contributed by atoms with E-state index in [1.807, 2.05) is 0 Å². The average Bonchev–Trinajstić information content (AvgIpc) is 2.91. The second kappa shape index (κ2) is 10.2. The maximum Gasteiger partial charge on any atom is 0.335 e. The van der Waals surface area contributed by atoms with Gasteiger partial charge in [0.25, 0.3) is 10.1 Å². The normalized spacial score (nSPS) is 12.2. The SMILES string of the molecule is Cc1cc(N=Nc2ccc(N=Nc3c(S(=O)(=O)O)cc4ccc(N)cc4c3O)c3ccccc23)cc(C(=O)O)c1. The molecule has 0 heterocycles. The molecule has 0 aromatic heterocycles. The van der Waals surface area contributed by atoms with Crippen molar-refractivity contribution in [2.45, 2.75) is 11.8 Å². The number of hydrogen-bond acceptors (Lipinski definition) is 9. The first kappa shape index (κ1) is 26.4. The van der Waals surface area contributed by atoms with Gasteiger partial charge in [0.1, 0.15) is 10.6 Å². The average molecular weight is 556 g/mol. The molecule has 0 amide bonds. The summed E-state index contributed by atoms with van der Waals surface area (Å²) in [7, 11) is -4.77. The monoisotopic (exact) mass is 555 g/mol. The minimum Gasteiger partial charge on any atom is -0.505 e. The Balaban J connectivity index is 1.59. The number of carboxylic acids is 1. The van der Waals surface area contributed by atoms with Crippen LogP contribution in [0.1, 0.15) is 15.9 Å². The predicted octanol–water partition coefficient (Wildman–Crippen LogP) is 7.36. The van der Waals surface area contributed by atoms with Gasteiger partial charge in [-0.2, -0.15) is 13.5 Å². The highest BCUT2D eigenvalue weighted by atomic mass is 32.2. The van der Waals surface area contributed by atoms with Crippen molar-refractivity contribution in [3.63, 3.8) is 0 Å². The van der Waals surface area contributed by atoms with Gasteiger partial charge in [-0.25, -0.2) is 4.79 Å². The van der Waals surface area contributed by atoms with Gasteiger partial charge in [0.2, 0.25) is 0 Å². The Bertz CT molecular complexity index is 2000. The van der Waals surface area contributed by atoms with Crippen molar-refractivity contribution in [3.05, 3.63) is 90.0 Å². The molecular formula is C28H21N5O6S. The van der Waals surface area contributed by atoms with Crippen molar-refractivity contribution in [1.29, 1.82) is 0 Å². The van der Waals surface area contributed by atoms with Crippen LogP contribution in [-0.4, -0.2) is 29.2 Å². The van der Waals surface area contributed by atoms with Gasteiger partial charge in [-0.1, -0.05) is 30.3 Å². The predicted molar refractivity (Wildman–Crippen MR) is 150 cm³/mol. The molecule has 5 aromatic carbocycles. The minimum atomic E-state index is -4.77. The van der Waals surface area contributed by atoms with Crippen LogP contribution in [-0.2, 0) is 10.1 Å². The summed E-state index contributed by atoms with van der Waals surface area (Å²) in [5, 5.41) is 38.7. The second-order valence-electron chi connectivity index (χ2n) is 8.94. The second-order valence-corrected chi connectivity index (χ2v) is 10.3. The molecule has 0 saturated heterocycles. The number of nitrogen functional groups attached to an aromatic ring is 1. The maximum atomic E-state index is 12.1. The molecule has 0 aliphatic heterocycles. The first-order valence-electron chi connectivity index (χ1n) is 11.7. The summed E-state index contributed by atoms with van der Waals surface area (Å²) in [5.74, 6) is -1.58. The van der Waals surface area contributed by atoms with E-state index < -0.39 is 32.4 Å². The number of anilines is 1. The maximum absolute atomic E-state index is 12.1. The Kier molecular flexibility index (Phi) is 6.71. The summed E-state index contributed by atoms with van der Waals surface area (Å²) in [4.78, 5) is 10.8. The van der Waals surface area contributed by atoms with E-state index in [1.165, 1.54) is 36.4 Å². The number of rotatable bonds is 6. The number of benzene rings is 5. The lowest BCUT2D eigenvalue weighted by molar-refractivity contribution is 0.0696. The summed E-state index contributed by atoms with van der Waals surface area (Å²) < 4.78 is 34.0. The van der Waals surface area contributed by atoms with Gasteiger partial charge >= 0.3 is 5.97 Å². The lowest BCUT2D eigenvalue weighted by Gasteiger charge is -2.09. The van der Waals surface area contributed by atoms with Crippen molar-refractivity contribution >= 4 is 66.1 Å². The fraction of sp³-hybridized carbons (Fsp3) is 0.0357. The molecule has 40 heavy (non-hydrogen) atoms. The number of fused-ring (bicyclic) bond motifs is 2. The number of aromatic carboxylic acids is 1. The topological polar surface area (TPSA) is 187 Å². The van der Waals surface area contributed by atoms with Gasteiger partial charge in [0.15, 0.2) is 5.75 Å². The first-order valence-corrected chi connectivity index (χ1v) is 13.2. The van der Waals surface area contributed by atoms with Crippen molar-refractivity contribution in [2.75, 3.05) is 5.73 Å². The fourth-order valence-electron chi connectivity index (χ4n) is 4.25. The molecule has 0 fully saturated rings. The minimum absolute atomic E-state index is 0.0958. The number of hydrogen-bond donors (Lipinski definition) is 4. The Morgan fingerprint density at radius 1 is 0.800 bits per heavy atom. The van der Waals surface area contributed by atoms with Crippen LogP contribution >= 0.6 is 0 Å². The number of aromatic hydroxyl groups is 1. The van der Waals surface area contributed by atoms with E-state index in [0.717, 1.165) is 5.56 Å². The van der Waals surface area contributed by atoms with Gasteiger partial charge in [-0.05, 0) is 66.4 Å². The molecular weight excluding hydrogens is 534 g/mol. The van der Waals surface area contributed by atoms with Crippen molar-refractivity contribution in [2.24, 2.45) is 20.5 Å². The molecule has 11 nitrogen and oxygen atoms in total. The van der Waals surface area contributed by atoms with E-state index >= 15 is 0 Å². The number of azo groups is 2. The van der Waals surface area contributed by atoms with Crippen LogP contribution in [0.2, 0.25) is 0 Å². The largest absolute Gasteiger partial charge is 0.505 e. The molecule has 0 aliphatic carbocycles. The standard InChI is InChI=1S/C28H21N5O6S/c1-15-10-17(28(35)36)12-19(11-15)30-31-23-8-9-24(21-5-3-2-4-20(21)23)32-33-26-25(40(37,38)39)13-16-6-7-18(29)14-22(16)27(26)34/h2-14,34H,29H2,1H3,(H,35,36)(H,37,38,39). The summed E-state index contributed by atoms with van der Waals surface area (Å²) in [6, 6.07) is 20.6. The highest BCUT2D eigenvalue weighted by Gasteiger charge is 2.22. The van der Waals surface area contributed by atoms with Crippen molar-refractivity contribution < 1.29 is 28.0 Å². The third-order valence-corrected chi connectivity index (χ3v) is 6.94. The van der Waals surface area contributed by atoms with Crippen molar-refractivity contribution in [1.82, 2.24) is 0 Å². The van der Waals surface area contributed by atoms with E-state index in [4.69, 9.17) is 5.73 Å². The molecule has 0 bridgehead atoms. The molecule has 5 N–H and O–H groups in total. The van der Waals surface area contributed by atoms with E-state index in [1.54, 1.807) is 49.4 Å². The molecule has 0 unspecified atom stereocenters. The summed E-state index contributed by atoms with van der Waals surface area (Å²) in [6.45, 7) is 1.76. The van der Waals surface area contributed by atoms with Crippen LogP contribution in [0.3, 0.4) is 0 Å². The van der Waals surface area contributed by atoms with Gasteiger partial charge in [0.05, 0.1) is 22.6 Å². The molecule has 0 aliphatic rings. The Morgan fingerprint density at radius 2 is 1.45 bits per heavy atom. The zero-order valence-corrected chi connectivity index (χ0v) is 21.7. The first-order chi connectivity index (χ1) is 19.0. The van der Waals surface area contributed by atoms with Crippen LogP contribution in [0.25, 0.3) is 21.5 Å². The van der Waals surface area contributed by atoms with E-state index in [-0.39, 0.29) is 10.9 Å². The number of aryl methyl sites for hydroxylation is 1. The molecule has 12 heteroatoms. The van der Waals surface area contributed by atoms with Crippen LogP contribution < -0.4 is 5.73 Å². The lowest BCUT2D eigenvalue weighted by Crippen LogP contribution is -1.99. The molecule has 5 aromatic rings. The number of phenols is 1. The van der Waals surface area contributed by atoms with Crippen LogP contribution in [0.5, 0.6) is 5.75 Å². The number of phenolic OH excluding ortho intramolecular Hbond substituents is 1. The number of carboxylic acid groups (broad SMARTS) is 1. The molecule has 0 spiro atoms. The van der Waals surface area contributed by atoms with Gasteiger partial charge in [-0.15, -0.1) is 15.3 Å². The fourth-order valence-corrected chi connectivity index (χ4v) is 4.91. The quantitative estimate of drug-likeness (QED) is 0.0955. The van der Waals surface area contributed by atoms with Gasteiger partial charge in [-0.3, -0.25) is 4.55 Å². The summed E-state index contributed by atoms with van der Waals surface area (Å²) >= 11 is 0. The zero-order chi connectivity index (χ0) is 28.6. The summed E-state index contributed by atoms with van der Waals surface area (Å²) in [5.41, 5.74) is 7.70. The lowest BCUT2D eigenvalue weighted by atomic mass is 10.1. The highest BCUT2D eigenvalue weighted by Crippen LogP contribution is 2.43. The molecule has 0 atom stereocenters. The van der Waals surface area contributed by atoms with E-state index in [9.17, 15) is 28.0 Å². The van der Waals surface area contributed by atoms with E-state index in [0.29, 0.717) is 38.9 Å². The Hall–Kier alpha value is -5.20. The Morgan fingerprint density at radius 3 is 2.08 bits per heavy atom. The van der Waals surface area contributed by atoms with Crippen LogP contribution in [0.15, 0.2) is 104 Å². The highest BCUT2D eigenvalue weighted by molar-refractivity contribution is 7.86. The third kappa shape index (κ3) is 5.21. The van der Waals surface area contributed by atoms with Crippen molar-refractivity contribution in [3.8, 4) is 5.75 Å². The summed E-state index contributed by atoms with van der Waals surface area (Å²) in [6.07, 6.45) is 0. The zero-order valence-electron chi connectivity index (χ0n) is 20.8. The van der Waals surface area contributed by atoms with Gasteiger partial charge in [0, 0.05) is 21.8 Å². The number of carbonyl (C=O) groups is 1. The Labute approximate surface area is 227 Å². The third-order valence-electron chi connectivity index (χ3n) is 6.07. The van der Waals surface area contributed by atoms with Gasteiger partial charge < -0.3 is 15.9 Å². The van der Waals surface area contributed by atoms with Crippen LogP contribution in [0, 0.1) is 6.92 Å². The van der Waals surface area contributed by atoms with E-state index in [2.05, 4.69) is 20.5 Å². The smallest absolute Gasteiger partial charge is 0.335 e.